The average molecular weight is 736 g/mol. The summed E-state index contributed by atoms with van der Waals surface area (Å²) in [7, 11) is -4.39. The van der Waals surface area contributed by atoms with Gasteiger partial charge in [-0.05, 0) is 70.6 Å². The third-order valence-electron chi connectivity index (χ3n) is 7.58. The predicted octanol–water partition coefficient (Wildman–Crippen LogP) is 10.7. The number of hydrogen-bond donors (Lipinski definition) is 2. The Morgan fingerprint density at radius 1 is 0.588 bits per heavy atom. The summed E-state index contributed by atoms with van der Waals surface area (Å²) in [5, 5.41) is 0. The van der Waals surface area contributed by atoms with Crippen LogP contribution >= 0.6 is 7.82 Å². The second kappa shape index (κ2) is 37.2. The van der Waals surface area contributed by atoms with Crippen LogP contribution < -0.4 is 5.73 Å². The molecule has 3 N–H and O–H groups in total. The van der Waals surface area contributed by atoms with E-state index < -0.39 is 32.5 Å². The molecule has 0 saturated heterocycles. The Bertz CT molecular complexity index is 1070. The molecule has 2 atom stereocenters. The number of esters is 2. The van der Waals surface area contributed by atoms with E-state index in [1.807, 2.05) is 12.2 Å². The number of hydrogen-bond acceptors (Lipinski definition) is 8. The van der Waals surface area contributed by atoms with Crippen LogP contribution in [0.3, 0.4) is 0 Å². The average Bonchev–Trinajstić information content (AvgIpc) is 3.11. The van der Waals surface area contributed by atoms with Crippen molar-refractivity contribution in [3.8, 4) is 0 Å². The molecule has 0 aliphatic heterocycles. The number of carbonyl (C=O) groups is 2. The summed E-state index contributed by atoms with van der Waals surface area (Å²) < 4.78 is 32.5. The van der Waals surface area contributed by atoms with Crippen molar-refractivity contribution in [3.05, 3.63) is 72.9 Å². The molecule has 0 fully saturated rings. The maximum absolute atomic E-state index is 12.5. The minimum absolute atomic E-state index is 0.0393. The molecular formula is C41H70NO8P. The van der Waals surface area contributed by atoms with Gasteiger partial charge >= 0.3 is 19.8 Å². The molecule has 1 unspecified atom stereocenters. The number of unbranched alkanes of at least 4 members (excludes halogenated alkanes) is 10. The lowest BCUT2D eigenvalue weighted by atomic mass is 10.1. The molecule has 0 saturated carbocycles. The van der Waals surface area contributed by atoms with E-state index >= 15 is 0 Å². The van der Waals surface area contributed by atoms with Gasteiger partial charge in [-0.1, -0.05) is 132 Å². The van der Waals surface area contributed by atoms with E-state index in [4.69, 9.17) is 24.3 Å². The second-order valence-electron chi connectivity index (χ2n) is 12.4. The fourth-order valence-corrected chi connectivity index (χ4v) is 5.42. The molecule has 0 aliphatic rings. The molecule has 0 bridgehead atoms. The molecule has 9 nitrogen and oxygen atoms in total. The van der Waals surface area contributed by atoms with Crippen LogP contribution in [0.2, 0.25) is 0 Å². The summed E-state index contributed by atoms with van der Waals surface area (Å²) in [6.07, 6.45) is 43.8. The van der Waals surface area contributed by atoms with Crippen LogP contribution in [0.1, 0.15) is 142 Å². The van der Waals surface area contributed by atoms with Crippen molar-refractivity contribution < 1.29 is 37.6 Å². The molecule has 0 radical (unpaired) electrons. The Labute approximate surface area is 310 Å². The summed E-state index contributed by atoms with van der Waals surface area (Å²) in [5.74, 6) is -0.945. The van der Waals surface area contributed by atoms with Gasteiger partial charge in [-0.15, -0.1) is 0 Å². The van der Waals surface area contributed by atoms with Gasteiger partial charge in [0.2, 0.25) is 0 Å². The van der Waals surface area contributed by atoms with Crippen molar-refractivity contribution in [2.24, 2.45) is 5.73 Å². The van der Waals surface area contributed by atoms with Gasteiger partial charge in [0.15, 0.2) is 6.10 Å². The van der Waals surface area contributed by atoms with Crippen molar-refractivity contribution in [1.29, 1.82) is 0 Å². The van der Waals surface area contributed by atoms with Crippen molar-refractivity contribution in [1.82, 2.24) is 0 Å². The summed E-state index contributed by atoms with van der Waals surface area (Å²) in [5.41, 5.74) is 5.32. The van der Waals surface area contributed by atoms with Gasteiger partial charge in [0.05, 0.1) is 13.2 Å². The predicted molar refractivity (Wildman–Crippen MR) is 210 cm³/mol. The molecule has 0 amide bonds. The Balaban J connectivity index is 4.35. The highest BCUT2D eigenvalue weighted by atomic mass is 31.2. The Hall–Kier alpha value is -2.55. The largest absolute Gasteiger partial charge is 0.472 e. The lowest BCUT2D eigenvalue weighted by Gasteiger charge is -2.19. The first-order chi connectivity index (χ1) is 24.8. The molecule has 0 heterocycles. The van der Waals surface area contributed by atoms with Crippen LogP contribution in [0.4, 0.5) is 0 Å². The first kappa shape index (κ1) is 48.5. The summed E-state index contributed by atoms with van der Waals surface area (Å²) >= 11 is 0. The van der Waals surface area contributed by atoms with E-state index in [1.54, 1.807) is 0 Å². The third kappa shape index (κ3) is 37.0. The molecular weight excluding hydrogens is 665 g/mol. The number of allylic oxidation sites excluding steroid dienone is 12. The highest BCUT2D eigenvalue weighted by Gasteiger charge is 2.25. The van der Waals surface area contributed by atoms with E-state index in [0.717, 1.165) is 64.2 Å². The Morgan fingerprint density at radius 2 is 1.08 bits per heavy atom. The van der Waals surface area contributed by atoms with Crippen LogP contribution in [-0.4, -0.2) is 49.3 Å². The second-order valence-corrected chi connectivity index (χ2v) is 13.9. The number of phosphoric ester groups is 1. The molecule has 0 spiro atoms. The monoisotopic (exact) mass is 735 g/mol. The Kier molecular flexibility index (Phi) is 35.4. The zero-order chi connectivity index (χ0) is 37.5. The van der Waals surface area contributed by atoms with Gasteiger partial charge in [0.25, 0.3) is 0 Å². The first-order valence-corrected chi connectivity index (χ1v) is 20.9. The van der Waals surface area contributed by atoms with Gasteiger partial charge in [0, 0.05) is 19.4 Å². The fourth-order valence-electron chi connectivity index (χ4n) is 4.65. The van der Waals surface area contributed by atoms with E-state index in [9.17, 15) is 19.0 Å². The minimum Gasteiger partial charge on any atom is -0.462 e. The molecule has 0 aromatic heterocycles. The lowest BCUT2D eigenvalue weighted by Crippen LogP contribution is -2.29. The normalized spacial score (nSPS) is 14.2. The van der Waals surface area contributed by atoms with Crippen LogP contribution in [0.25, 0.3) is 0 Å². The molecule has 0 aliphatic carbocycles. The molecule has 0 rings (SSSR count). The zero-order valence-electron chi connectivity index (χ0n) is 31.8. The van der Waals surface area contributed by atoms with Crippen molar-refractivity contribution in [2.75, 3.05) is 26.4 Å². The first-order valence-electron chi connectivity index (χ1n) is 19.4. The van der Waals surface area contributed by atoms with Crippen molar-refractivity contribution in [2.45, 2.75) is 148 Å². The highest BCUT2D eigenvalue weighted by Crippen LogP contribution is 2.43. The summed E-state index contributed by atoms with van der Waals surface area (Å²) in [6.45, 7) is 3.53. The standard InChI is InChI=1S/C41H70NO8P/c1-3-5-7-9-11-13-15-16-17-18-19-20-21-22-24-25-27-29-31-33-40(43)47-37-39(38-49-51(45,46)48-36-35-42)50-41(44)34-32-30-28-26-23-14-12-10-8-6-4-2/h10-13,16-17,19-20,22,24,27,29,39H,3-9,14-15,18,21,23,25-26,28,30-38,42H2,1-2H3,(H,45,46)/b12-10-,13-11-,17-16-,20-19-,24-22-,29-27-/t39-/m1/s1. The topological polar surface area (TPSA) is 134 Å². The minimum atomic E-state index is -4.39. The van der Waals surface area contributed by atoms with Crippen LogP contribution in [0.5, 0.6) is 0 Å². The number of phosphoric acid groups is 1. The highest BCUT2D eigenvalue weighted by molar-refractivity contribution is 7.47. The van der Waals surface area contributed by atoms with E-state index in [0.29, 0.717) is 12.8 Å². The Morgan fingerprint density at radius 3 is 1.67 bits per heavy atom. The molecule has 292 valence electrons. The van der Waals surface area contributed by atoms with Crippen LogP contribution in [0, 0.1) is 0 Å². The molecule has 51 heavy (non-hydrogen) atoms. The molecule has 10 heteroatoms. The maximum atomic E-state index is 12.5. The summed E-state index contributed by atoms with van der Waals surface area (Å²) in [6, 6.07) is 0. The van der Waals surface area contributed by atoms with Crippen molar-refractivity contribution >= 4 is 19.8 Å². The number of carbonyl (C=O) groups excluding carboxylic acids is 2. The zero-order valence-corrected chi connectivity index (χ0v) is 32.7. The number of rotatable bonds is 35. The van der Waals surface area contributed by atoms with Crippen LogP contribution in [-0.2, 0) is 32.7 Å². The van der Waals surface area contributed by atoms with Gasteiger partial charge in [-0.2, -0.15) is 0 Å². The fraction of sp³-hybridized carbons (Fsp3) is 0.659. The van der Waals surface area contributed by atoms with E-state index in [-0.39, 0.29) is 32.6 Å². The third-order valence-corrected chi connectivity index (χ3v) is 8.56. The van der Waals surface area contributed by atoms with Gasteiger partial charge in [-0.3, -0.25) is 18.6 Å². The van der Waals surface area contributed by atoms with E-state index in [1.165, 1.54) is 38.5 Å². The quantitative estimate of drug-likeness (QED) is 0.0282. The SMILES string of the molecule is CCCC/C=C\CCCCCCCC(=O)O[C@H](COC(=O)CC/C=C\C/C=C\C/C=C\C/C=C\C/C=C\CCCCC)COP(=O)(O)OCCN. The van der Waals surface area contributed by atoms with E-state index in [2.05, 4.69) is 74.6 Å². The van der Waals surface area contributed by atoms with Gasteiger partial charge < -0.3 is 20.1 Å². The maximum Gasteiger partial charge on any atom is 0.472 e. The van der Waals surface area contributed by atoms with Gasteiger partial charge in [-0.25, -0.2) is 4.57 Å². The van der Waals surface area contributed by atoms with Crippen molar-refractivity contribution in [3.63, 3.8) is 0 Å². The summed E-state index contributed by atoms with van der Waals surface area (Å²) in [4.78, 5) is 34.6. The molecule has 0 aromatic rings. The van der Waals surface area contributed by atoms with Crippen LogP contribution in [0.15, 0.2) is 72.9 Å². The van der Waals surface area contributed by atoms with Gasteiger partial charge in [0.1, 0.15) is 6.61 Å². The number of nitrogens with two attached hydrogens (primary N) is 1. The lowest BCUT2D eigenvalue weighted by molar-refractivity contribution is -0.161. The smallest absolute Gasteiger partial charge is 0.462 e. The number of ether oxygens (including phenoxy) is 2. The molecule has 0 aromatic carbocycles.